The first-order valence-electron chi connectivity index (χ1n) is 7.59. The number of ether oxygens (including phenoxy) is 1. The average molecular weight is 289 g/mol. The molecule has 0 aliphatic heterocycles. The highest BCUT2D eigenvalue weighted by Crippen LogP contribution is 2.22. The number of rotatable bonds is 3. The van der Waals surface area contributed by atoms with Crippen molar-refractivity contribution in [3.8, 4) is 0 Å². The number of nitrogens with zero attached hydrogens (tertiary/aromatic N) is 1. The van der Waals surface area contributed by atoms with Crippen molar-refractivity contribution < 1.29 is 14.3 Å². The minimum Gasteiger partial charge on any atom is -0.465 e. The van der Waals surface area contributed by atoms with Crippen molar-refractivity contribution in [1.82, 2.24) is 4.90 Å². The summed E-state index contributed by atoms with van der Waals surface area (Å²) in [5.74, 6) is -0.357. The highest BCUT2D eigenvalue weighted by Gasteiger charge is 2.22. The summed E-state index contributed by atoms with van der Waals surface area (Å²) in [5, 5.41) is 0. The van der Waals surface area contributed by atoms with E-state index in [0.29, 0.717) is 17.2 Å². The van der Waals surface area contributed by atoms with Crippen LogP contribution in [0.5, 0.6) is 0 Å². The van der Waals surface area contributed by atoms with Gasteiger partial charge in [0.05, 0.1) is 12.7 Å². The maximum Gasteiger partial charge on any atom is 0.337 e. The van der Waals surface area contributed by atoms with E-state index in [4.69, 9.17) is 0 Å². The van der Waals surface area contributed by atoms with Crippen molar-refractivity contribution >= 4 is 11.9 Å². The standard InChI is InChI=1S/C17H23NO3/c1-18(15-7-5-3-4-6-8-15)16(19)13-9-11-14(12-10-13)17(20)21-2/h9-12,15H,3-8H2,1-2H3. The van der Waals surface area contributed by atoms with Crippen LogP contribution in [0.25, 0.3) is 0 Å². The van der Waals surface area contributed by atoms with E-state index in [1.165, 1.54) is 32.8 Å². The second-order valence-corrected chi connectivity index (χ2v) is 5.63. The molecule has 1 saturated carbocycles. The van der Waals surface area contributed by atoms with Crippen LogP contribution in [0.2, 0.25) is 0 Å². The first-order valence-corrected chi connectivity index (χ1v) is 7.59. The third-order valence-corrected chi connectivity index (χ3v) is 4.25. The van der Waals surface area contributed by atoms with E-state index >= 15 is 0 Å². The molecule has 0 unspecified atom stereocenters. The van der Waals surface area contributed by atoms with Crippen molar-refractivity contribution in [2.45, 2.75) is 44.6 Å². The summed E-state index contributed by atoms with van der Waals surface area (Å²) in [6.07, 6.45) is 7.11. The lowest BCUT2D eigenvalue weighted by Gasteiger charge is -2.27. The van der Waals surface area contributed by atoms with Gasteiger partial charge in [0.2, 0.25) is 0 Å². The van der Waals surface area contributed by atoms with Gasteiger partial charge in [-0.1, -0.05) is 25.7 Å². The lowest BCUT2D eigenvalue weighted by molar-refractivity contribution is 0.0599. The van der Waals surface area contributed by atoms with Crippen molar-refractivity contribution in [2.24, 2.45) is 0 Å². The molecule has 2 rings (SSSR count). The molecule has 0 radical (unpaired) electrons. The number of hydrogen-bond acceptors (Lipinski definition) is 3. The van der Waals surface area contributed by atoms with Gasteiger partial charge in [0, 0.05) is 18.7 Å². The molecule has 0 aromatic heterocycles. The minimum atomic E-state index is -0.383. The van der Waals surface area contributed by atoms with E-state index in [9.17, 15) is 9.59 Å². The van der Waals surface area contributed by atoms with Crippen LogP contribution >= 0.6 is 0 Å². The summed E-state index contributed by atoms with van der Waals surface area (Å²) in [6.45, 7) is 0. The van der Waals surface area contributed by atoms with Gasteiger partial charge in [0.25, 0.3) is 5.91 Å². The van der Waals surface area contributed by atoms with Crippen LogP contribution in [-0.4, -0.2) is 37.0 Å². The summed E-state index contributed by atoms with van der Waals surface area (Å²) in [4.78, 5) is 25.8. The van der Waals surface area contributed by atoms with E-state index < -0.39 is 0 Å². The largest absolute Gasteiger partial charge is 0.465 e. The molecule has 1 amide bonds. The fourth-order valence-corrected chi connectivity index (χ4v) is 2.88. The van der Waals surface area contributed by atoms with E-state index in [0.717, 1.165) is 12.8 Å². The fourth-order valence-electron chi connectivity index (χ4n) is 2.88. The number of methoxy groups -OCH3 is 1. The van der Waals surface area contributed by atoms with Crippen LogP contribution in [0.1, 0.15) is 59.2 Å². The number of benzene rings is 1. The lowest BCUT2D eigenvalue weighted by atomic mass is 10.1. The third kappa shape index (κ3) is 3.84. The van der Waals surface area contributed by atoms with Crippen LogP contribution in [-0.2, 0) is 4.74 Å². The van der Waals surface area contributed by atoms with E-state index in [-0.39, 0.29) is 11.9 Å². The van der Waals surface area contributed by atoms with Gasteiger partial charge in [0.15, 0.2) is 0 Å². The number of carbonyl (C=O) groups excluding carboxylic acids is 2. The van der Waals surface area contributed by atoms with Crippen LogP contribution < -0.4 is 0 Å². The molecule has 1 aromatic rings. The van der Waals surface area contributed by atoms with Gasteiger partial charge < -0.3 is 9.64 Å². The van der Waals surface area contributed by atoms with Crippen LogP contribution in [0, 0.1) is 0 Å². The fraction of sp³-hybridized carbons (Fsp3) is 0.529. The van der Waals surface area contributed by atoms with E-state index in [1.54, 1.807) is 24.3 Å². The monoisotopic (exact) mass is 289 g/mol. The Balaban J connectivity index is 2.06. The maximum atomic E-state index is 12.5. The number of carbonyl (C=O) groups is 2. The molecule has 1 aliphatic carbocycles. The molecular weight excluding hydrogens is 266 g/mol. The molecule has 0 saturated heterocycles. The van der Waals surface area contributed by atoms with Gasteiger partial charge in [-0.3, -0.25) is 4.79 Å². The Hall–Kier alpha value is -1.84. The Morgan fingerprint density at radius 3 is 2.05 bits per heavy atom. The molecule has 4 nitrogen and oxygen atoms in total. The van der Waals surface area contributed by atoms with E-state index in [2.05, 4.69) is 4.74 Å². The number of amides is 1. The average Bonchev–Trinajstić information content (AvgIpc) is 2.82. The summed E-state index contributed by atoms with van der Waals surface area (Å²) in [7, 11) is 3.23. The van der Waals surface area contributed by atoms with Gasteiger partial charge in [-0.15, -0.1) is 0 Å². The van der Waals surface area contributed by atoms with Gasteiger partial charge in [0.1, 0.15) is 0 Å². The highest BCUT2D eigenvalue weighted by molar-refractivity contribution is 5.96. The zero-order valence-electron chi connectivity index (χ0n) is 12.8. The van der Waals surface area contributed by atoms with Crippen LogP contribution in [0.4, 0.5) is 0 Å². The smallest absolute Gasteiger partial charge is 0.337 e. The summed E-state index contributed by atoms with van der Waals surface area (Å²) < 4.78 is 4.66. The zero-order valence-corrected chi connectivity index (χ0v) is 12.8. The zero-order chi connectivity index (χ0) is 15.2. The SMILES string of the molecule is COC(=O)c1ccc(C(=O)N(C)C2CCCCCC2)cc1. The maximum absolute atomic E-state index is 12.5. The number of hydrogen-bond donors (Lipinski definition) is 0. The first kappa shape index (κ1) is 15.5. The molecular formula is C17H23NO3. The molecule has 1 aliphatic rings. The molecule has 0 N–H and O–H groups in total. The Morgan fingerprint density at radius 1 is 1.00 bits per heavy atom. The predicted molar refractivity (Wildman–Crippen MR) is 81.4 cm³/mol. The molecule has 0 bridgehead atoms. The van der Waals surface area contributed by atoms with Gasteiger partial charge >= 0.3 is 5.97 Å². The molecule has 4 heteroatoms. The minimum absolute atomic E-state index is 0.0262. The normalized spacial score (nSPS) is 16.1. The Kier molecular flexibility index (Phi) is 5.37. The second kappa shape index (κ2) is 7.25. The molecule has 0 spiro atoms. The summed E-state index contributed by atoms with van der Waals surface area (Å²) in [6, 6.07) is 7.00. The molecule has 1 fully saturated rings. The quantitative estimate of drug-likeness (QED) is 0.634. The molecule has 1 aromatic carbocycles. The van der Waals surface area contributed by atoms with Crippen LogP contribution in [0.15, 0.2) is 24.3 Å². The van der Waals surface area contributed by atoms with Gasteiger partial charge in [-0.2, -0.15) is 0 Å². The van der Waals surface area contributed by atoms with E-state index in [1.807, 2.05) is 11.9 Å². The Morgan fingerprint density at radius 2 is 1.52 bits per heavy atom. The first-order chi connectivity index (χ1) is 10.1. The third-order valence-electron chi connectivity index (χ3n) is 4.25. The molecule has 0 atom stereocenters. The molecule has 21 heavy (non-hydrogen) atoms. The van der Waals surface area contributed by atoms with Crippen molar-refractivity contribution in [3.05, 3.63) is 35.4 Å². The van der Waals surface area contributed by atoms with Gasteiger partial charge in [-0.25, -0.2) is 4.79 Å². The highest BCUT2D eigenvalue weighted by atomic mass is 16.5. The Labute approximate surface area is 126 Å². The van der Waals surface area contributed by atoms with Crippen molar-refractivity contribution in [1.29, 1.82) is 0 Å². The summed E-state index contributed by atoms with van der Waals surface area (Å²) >= 11 is 0. The van der Waals surface area contributed by atoms with Crippen molar-refractivity contribution in [2.75, 3.05) is 14.2 Å². The topological polar surface area (TPSA) is 46.6 Å². The molecule has 0 heterocycles. The molecule has 114 valence electrons. The van der Waals surface area contributed by atoms with Crippen LogP contribution in [0.3, 0.4) is 0 Å². The van der Waals surface area contributed by atoms with Gasteiger partial charge in [-0.05, 0) is 37.1 Å². The van der Waals surface area contributed by atoms with Crippen molar-refractivity contribution in [3.63, 3.8) is 0 Å². The number of esters is 1. The lowest BCUT2D eigenvalue weighted by Crippen LogP contribution is -2.36. The Bertz CT molecular complexity index is 487. The predicted octanol–water partition coefficient (Wildman–Crippen LogP) is 3.27. The summed E-state index contributed by atoms with van der Waals surface area (Å²) in [5.41, 5.74) is 1.08. The second-order valence-electron chi connectivity index (χ2n) is 5.63.